The van der Waals surface area contributed by atoms with Crippen LogP contribution in [0.15, 0.2) is 91.9 Å². The van der Waals surface area contributed by atoms with Crippen LogP contribution in [0, 0.1) is 6.92 Å². The first-order valence-electron chi connectivity index (χ1n) is 12.2. The number of aromatic amines is 2. The second-order valence-corrected chi connectivity index (χ2v) is 9.08. The zero-order chi connectivity index (χ0) is 25.5. The first kappa shape index (κ1) is 21.9. The highest BCUT2D eigenvalue weighted by Crippen LogP contribution is 2.32. The summed E-state index contributed by atoms with van der Waals surface area (Å²) in [5, 5.41) is 9.48. The van der Waals surface area contributed by atoms with Crippen molar-refractivity contribution >= 4 is 21.9 Å². The number of hydrogen-bond donors (Lipinski definition) is 2. The van der Waals surface area contributed by atoms with Gasteiger partial charge in [0.2, 0.25) is 0 Å². The third-order valence-electron chi connectivity index (χ3n) is 6.46. The Hall–Kier alpha value is -5.31. The van der Waals surface area contributed by atoms with Gasteiger partial charge in [0.1, 0.15) is 24.5 Å². The third kappa shape index (κ3) is 3.96. The van der Waals surface area contributed by atoms with Crippen LogP contribution in [0.1, 0.15) is 11.3 Å². The van der Waals surface area contributed by atoms with Crippen LogP contribution in [0.5, 0.6) is 5.75 Å². The summed E-state index contributed by atoms with van der Waals surface area (Å²) in [6.45, 7) is 2.44. The van der Waals surface area contributed by atoms with Gasteiger partial charge in [-0.3, -0.25) is 14.6 Å². The van der Waals surface area contributed by atoms with Gasteiger partial charge in [-0.1, -0.05) is 30.3 Å². The lowest BCUT2D eigenvalue weighted by Gasteiger charge is -2.08. The van der Waals surface area contributed by atoms with Crippen LogP contribution >= 0.6 is 0 Å². The van der Waals surface area contributed by atoms with Gasteiger partial charge in [-0.2, -0.15) is 5.10 Å². The van der Waals surface area contributed by atoms with E-state index >= 15 is 0 Å². The second kappa shape index (κ2) is 8.97. The zero-order valence-electron chi connectivity index (χ0n) is 20.5. The highest BCUT2D eigenvalue weighted by molar-refractivity contribution is 5.97. The van der Waals surface area contributed by atoms with Gasteiger partial charge < -0.3 is 9.72 Å². The minimum atomic E-state index is 0.477. The first-order valence-corrected chi connectivity index (χ1v) is 12.2. The smallest absolute Gasteiger partial charge is 0.181 e. The Morgan fingerprint density at radius 1 is 0.895 bits per heavy atom. The predicted molar refractivity (Wildman–Crippen MR) is 145 cm³/mol. The van der Waals surface area contributed by atoms with Gasteiger partial charge in [0.25, 0.3) is 0 Å². The Morgan fingerprint density at radius 3 is 2.66 bits per heavy atom. The molecule has 7 aromatic rings. The number of fused-ring (bicyclic) bond motifs is 2. The number of nitrogens with zero attached hydrogens (tertiary/aromatic N) is 6. The van der Waals surface area contributed by atoms with E-state index in [9.17, 15) is 0 Å². The molecule has 38 heavy (non-hydrogen) atoms. The van der Waals surface area contributed by atoms with Gasteiger partial charge in [0.05, 0.1) is 28.8 Å². The van der Waals surface area contributed by atoms with Crippen molar-refractivity contribution in [3.8, 4) is 34.1 Å². The summed E-state index contributed by atoms with van der Waals surface area (Å²) < 4.78 is 7.91. The van der Waals surface area contributed by atoms with Crippen molar-refractivity contribution in [1.82, 2.24) is 39.7 Å². The molecule has 0 fully saturated rings. The molecule has 0 amide bonds. The van der Waals surface area contributed by atoms with Crippen LogP contribution in [-0.4, -0.2) is 39.7 Å². The van der Waals surface area contributed by atoms with Crippen molar-refractivity contribution in [2.24, 2.45) is 0 Å². The summed E-state index contributed by atoms with van der Waals surface area (Å²) in [5.41, 5.74) is 7.21. The molecule has 9 heteroatoms. The summed E-state index contributed by atoms with van der Waals surface area (Å²) >= 11 is 0. The zero-order valence-corrected chi connectivity index (χ0v) is 20.5. The van der Waals surface area contributed by atoms with E-state index in [1.165, 1.54) is 0 Å². The highest BCUT2D eigenvalue weighted by atomic mass is 16.5. The summed E-state index contributed by atoms with van der Waals surface area (Å²) in [4.78, 5) is 21.4. The number of rotatable bonds is 6. The van der Waals surface area contributed by atoms with Crippen LogP contribution in [0.25, 0.3) is 50.3 Å². The lowest BCUT2D eigenvalue weighted by Crippen LogP contribution is -1.96. The molecule has 2 N–H and O–H groups in total. The third-order valence-corrected chi connectivity index (χ3v) is 6.46. The maximum atomic E-state index is 5.98. The standard InChI is InChI=1S/C29H22N8O/c1-18-15-37(17-33-18)29-23-11-26(34-25(23)7-8-31-29)27-24-10-21(13-32-28(24)36-35-27)20-9-22(14-30-12-20)38-16-19-5-3-2-4-6-19/h2-15,17,34H,16H2,1H3,(H,32,35,36). The highest BCUT2D eigenvalue weighted by Gasteiger charge is 2.15. The molecular weight excluding hydrogens is 476 g/mol. The monoisotopic (exact) mass is 498 g/mol. The molecule has 184 valence electrons. The molecule has 0 unspecified atom stereocenters. The number of aryl methyl sites for hydroxylation is 1. The number of ether oxygens (including phenoxy) is 1. The van der Waals surface area contributed by atoms with E-state index in [1.54, 1.807) is 24.9 Å². The van der Waals surface area contributed by atoms with E-state index in [0.29, 0.717) is 18.0 Å². The van der Waals surface area contributed by atoms with Crippen molar-refractivity contribution in [2.75, 3.05) is 0 Å². The molecule has 1 aromatic carbocycles. The summed E-state index contributed by atoms with van der Waals surface area (Å²) in [6, 6.07) is 18.2. The van der Waals surface area contributed by atoms with Gasteiger partial charge in [0.15, 0.2) is 5.65 Å². The SMILES string of the molecule is Cc1cn(-c2nccc3[nH]c(-c4[nH]nc5ncc(-c6cncc(OCc7ccccc7)c6)cc45)cc23)cn1. The average molecular weight is 499 g/mol. The van der Waals surface area contributed by atoms with Crippen molar-refractivity contribution in [3.05, 3.63) is 103 Å². The summed E-state index contributed by atoms with van der Waals surface area (Å²) in [6.07, 6.45) is 10.9. The largest absolute Gasteiger partial charge is 0.487 e. The maximum Gasteiger partial charge on any atom is 0.181 e. The fourth-order valence-corrected chi connectivity index (χ4v) is 4.58. The number of imidazole rings is 1. The van der Waals surface area contributed by atoms with Crippen molar-refractivity contribution in [1.29, 1.82) is 0 Å². The van der Waals surface area contributed by atoms with E-state index in [2.05, 4.69) is 47.2 Å². The Morgan fingerprint density at radius 2 is 1.79 bits per heavy atom. The molecule has 0 saturated heterocycles. The molecule has 0 saturated carbocycles. The van der Waals surface area contributed by atoms with E-state index in [-0.39, 0.29) is 0 Å². The lowest BCUT2D eigenvalue weighted by molar-refractivity contribution is 0.305. The van der Waals surface area contributed by atoms with Crippen LogP contribution in [0.3, 0.4) is 0 Å². The quantitative estimate of drug-likeness (QED) is 0.307. The van der Waals surface area contributed by atoms with E-state index in [1.807, 2.05) is 66.3 Å². The molecule has 0 spiro atoms. The number of aromatic nitrogens is 8. The Kier molecular flexibility index (Phi) is 5.18. The number of H-pyrrole nitrogens is 2. The topological polar surface area (TPSA) is 110 Å². The van der Waals surface area contributed by atoms with Crippen LogP contribution in [0.4, 0.5) is 0 Å². The normalized spacial score (nSPS) is 11.4. The molecule has 9 nitrogen and oxygen atoms in total. The number of nitrogens with one attached hydrogen (secondary N) is 2. The van der Waals surface area contributed by atoms with E-state index in [4.69, 9.17) is 4.74 Å². The van der Waals surface area contributed by atoms with Crippen LogP contribution < -0.4 is 4.74 Å². The minimum absolute atomic E-state index is 0.477. The van der Waals surface area contributed by atoms with E-state index in [0.717, 1.165) is 55.9 Å². The maximum absolute atomic E-state index is 5.98. The molecule has 0 aliphatic heterocycles. The molecular formula is C29H22N8O. The molecule has 0 radical (unpaired) electrons. The number of pyridine rings is 3. The minimum Gasteiger partial charge on any atom is -0.487 e. The van der Waals surface area contributed by atoms with Crippen molar-refractivity contribution < 1.29 is 4.74 Å². The lowest BCUT2D eigenvalue weighted by atomic mass is 10.1. The van der Waals surface area contributed by atoms with Gasteiger partial charge in [-0.05, 0) is 36.8 Å². The Balaban J connectivity index is 1.24. The van der Waals surface area contributed by atoms with Gasteiger partial charge in [-0.15, -0.1) is 0 Å². The molecule has 0 bridgehead atoms. The second-order valence-electron chi connectivity index (χ2n) is 9.08. The molecule has 0 aliphatic rings. The van der Waals surface area contributed by atoms with Crippen molar-refractivity contribution in [3.63, 3.8) is 0 Å². The summed E-state index contributed by atoms with van der Waals surface area (Å²) in [7, 11) is 0. The van der Waals surface area contributed by atoms with Crippen molar-refractivity contribution in [2.45, 2.75) is 13.5 Å². The molecule has 6 heterocycles. The van der Waals surface area contributed by atoms with Gasteiger partial charge in [-0.25, -0.2) is 15.0 Å². The molecule has 6 aromatic heterocycles. The number of benzene rings is 1. The van der Waals surface area contributed by atoms with Crippen LogP contribution in [0.2, 0.25) is 0 Å². The summed E-state index contributed by atoms with van der Waals surface area (Å²) in [5.74, 6) is 1.51. The predicted octanol–water partition coefficient (Wildman–Crippen LogP) is 5.64. The van der Waals surface area contributed by atoms with Crippen LogP contribution in [-0.2, 0) is 6.61 Å². The Bertz CT molecular complexity index is 1900. The molecule has 0 atom stereocenters. The Labute approximate surface area is 217 Å². The number of hydrogen-bond acceptors (Lipinski definition) is 6. The van der Waals surface area contributed by atoms with E-state index < -0.39 is 0 Å². The molecule has 0 aliphatic carbocycles. The fraction of sp³-hybridized carbons (Fsp3) is 0.0690. The first-order chi connectivity index (χ1) is 18.7. The average Bonchev–Trinajstić information content (AvgIpc) is 3.70. The van der Waals surface area contributed by atoms with Gasteiger partial charge in [0, 0.05) is 46.7 Å². The molecule has 7 rings (SSSR count). The fourth-order valence-electron chi connectivity index (χ4n) is 4.58. The van der Waals surface area contributed by atoms with Gasteiger partial charge >= 0.3 is 0 Å².